The lowest BCUT2D eigenvalue weighted by atomic mass is 9.71. The van der Waals surface area contributed by atoms with Gasteiger partial charge in [-0.1, -0.05) is 42.5 Å². The molecule has 3 aromatic carbocycles. The third-order valence-corrected chi connectivity index (χ3v) is 7.02. The van der Waals surface area contributed by atoms with Crippen LogP contribution >= 0.6 is 0 Å². The summed E-state index contributed by atoms with van der Waals surface area (Å²) in [5.41, 5.74) is 4.55. The van der Waals surface area contributed by atoms with Gasteiger partial charge in [0.05, 0.1) is 24.4 Å². The van der Waals surface area contributed by atoms with E-state index in [1.165, 1.54) is 0 Å². The molecule has 1 aliphatic rings. The summed E-state index contributed by atoms with van der Waals surface area (Å²) in [5, 5.41) is 3.30. The van der Waals surface area contributed by atoms with Crippen LogP contribution in [0.5, 0.6) is 0 Å². The van der Waals surface area contributed by atoms with E-state index in [9.17, 15) is 9.59 Å². The van der Waals surface area contributed by atoms with E-state index in [1.54, 1.807) is 0 Å². The molecule has 5 heteroatoms. The zero-order chi connectivity index (χ0) is 24.4. The molecule has 0 saturated heterocycles. The van der Waals surface area contributed by atoms with Crippen molar-refractivity contribution in [2.24, 2.45) is 0 Å². The molecule has 1 heterocycles. The van der Waals surface area contributed by atoms with Gasteiger partial charge in [0.25, 0.3) is 0 Å². The van der Waals surface area contributed by atoms with Crippen molar-refractivity contribution in [3.63, 3.8) is 0 Å². The molecule has 1 aliphatic carbocycles. The average molecular weight is 468 g/mol. The first-order valence-electron chi connectivity index (χ1n) is 12.3. The molecule has 178 valence electrons. The molecule has 0 saturated carbocycles. The van der Waals surface area contributed by atoms with E-state index in [1.807, 2.05) is 44.2 Å². The Bertz CT molecular complexity index is 1320. The maximum atomic E-state index is 12.5. The number of esters is 2. The molecule has 5 nitrogen and oxygen atoms in total. The second-order valence-electron chi connectivity index (χ2n) is 9.01. The Morgan fingerprint density at radius 1 is 0.743 bits per heavy atom. The van der Waals surface area contributed by atoms with Gasteiger partial charge in [-0.15, -0.1) is 0 Å². The van der Waals surface area contributed by atoms with Crippen LogP contribution in [0.2, 0.25) is 0 Å². The van der Waals surface area contributed by atoms with Gasteiger partial charge in [-0.2, -0.15) is 0 Å². The molecule has 35 heavy (non-hydrogen) atoms. The minimum absolute atomic E-state index is 0.229. The monoisotopic (exact) mass is 467 g/mol. The van der Waals surface area contributed by atoms with Crippen molar-refractivity contribution in [3.05, 3.63) is 77.9 Å². The van der Waals surface area contributed by atoms with E-state index in [4.69, 9.17) is 14.5 Å². The second kappa shape index (κ2) is 9.49. The normalized spacial score (nSPS) is 13.4. The van der Waals surface area contributed by atoms with Crippen LogP contribution in [0, 0.1) is 0 Å². The number of rotatable bonds is 8. The number of ether oxygens (including phenoxy) is 2. The number of benzene rings is 3. The van der Waals surface area contributed by atoms with Crippen molar-refractivity contribution in [1.82, 2.24) is 4.98 Å². The Hall–Kier alpha value is -3.73. The third-order valence-electron chi connectivity index (χ3n) is 7.02. The quantitative estimate of drug-likeness (QED) is 0.283. The number of aromatic nitrogens is 1. The van der Waals surface area contributed by atoms with E-state index in [2.05, 4.69) is 36.4 Å². The lowest BCUT2D eigenvalue weighted by molar-refractivity contribution is -0.143. The molecular weight excluding hydrogens is 438 g/mol. The largest absolute Gasteiger partial charge is 0.466 e. The topological polar surface area (TPSA) is 65.5 Å². The Labute approximate surface area is 205 Å². The van der Waals surface area contributed by atoms with Crippen molar-refractivity contribution in [2.45, 2.75) is 44.9 Å². The molecule has 0 amide bonds. The van der Waals surface area contributed by atoms with Crippen LogP contribution in [0.4, 0.5) is 0 Å². The zero-order valence-electron chi connectivity index (χ0n) is 20.2. The number of pyridine rings is 1. The number of hydrogen-bond donors (Lipinski definition) is 0. The van der Waals surface area contributed by atoms with Crippen molar-refractivity contribution >= 4 is 33.6 Å². The Balaban J connectivity index is 1.73. The van der Waals surface area contributed by atoms with Crippen LogP contribution in [0.1, 0.15) is 50.7 Å². The first kappa shape index (κ1) is 23.0. The summed E-state index contributed by atoms with van der Waals surface area (Å²) in [6, 6.07) is 23.0. The number of para-hydroxylation sites is 1. The standard InChI is InChI=1S/C30H29NO4/c1-3-34-27(32)13-15-30(16-14-28(33)35-4-2)24-18-21-10-6-5-9-20(21)17-23(24)29-25(30)19-22-11-7-8-12-26(22)31-29/h5-12,17-19H,3-4,13-16H2,1-2H3. The number of hydrogen-bond acceptors (Lipinski definition) is 5. The summed E-state index contributed by atoms with van der Waals surface area (Å²) in [6.45, 7) is 4.32. The van der Waals surface area contributed by atoms with Crippen LogP contribution in [0.25, 0.3) is 32.9 Å². The van der Waals surface area contributed by atoms with Crippen molar-refractivity contribution in [3.8, 4) is 11.3 Å². The number of nitrogens with zero attached hydrogens (tertiary/aromatic N) is 1. The Morgan fingerprint density at radius 3 is 1.91 bits per heavy atom. The highest BCUT2D eigenvalue weighted by molar-refractivity contribution is 5.95. The van der Waals surface area contributed by atoms with E-state index in [0.717, 1.165) is 44.1 Å². The van der Waals surface area contributed by atoms with Gasteiger partial charge in [0, 0.05) is 29.2 Å². The first-order chi connectivity index (χ1) is 17.1. The second-order valence-corrected chi connectivity index (χ2v) is 9.01. The molecule has 0 unspecified atom stereocenters. The fourth-order valence-electron chi connectivity index (χ4n) is 5.42. The molecule has 5 rings (SSSR count). The van der Waals surface area contributed by atoms with Crippen LogP contribution < -0.4 is 0 Å². The molecule has 0 spiro atoms. The van der Waals surface area contributed by atoms with Gasteiger partial charge in [-0.25, -0.2) is 4.98 Å². The van der Waals surface area contributed by atoms with Gasteiger partial charge in [0.2, 0.25) is 0 Å². The van der Waals surface area contributed by atoms with Crippen LogP contribution in [0.3, 0.4) is 0 Å². The van der Waals surface area contributed by atoms with Crippen molar-refractivity contribution < 1.29 is 19.1 Å². The van der Waals surface area contributed by atoms with Crippen LogP contribution in [-0.2, 0) is 24.5 Å². The highest BCUT2D eigenvalue weighted by Crippen LogP contribution is 2.54. The van der Waals surface area contributed by atoms with Gasteiger partial charge in [-0.3, -0.25) is 9.59 Å². The van der Waals surface area contributed by atoms with Gasteiger partial charge in [0.15, 0.2) is 0 Å². The fourth-order valence-corrected chi connectivity index (χ4v) is 5.42. The smallest absolute Gasteiger partial charge is 0.305 e. The summed E-state index contributed by atoms with van der Waals surface area (Å²) in [4.78, 5) is 30.1. The third kappa shape index (κ3) is 4.16. The minimum atomic E-state index is -0.550. The van der Waals surface area contributed by atoms with Gasteiger partial charge < -0.3 is 9.47 Å². The minimum Gasteiger partial charge on any atom is -0.466 e. The first-order valence-corrected chi connectivity index (χ1v) is 12.3. The zero-order valence-corrected chi connectivity index (χ0v) is 20.2. The maximum absolute atomic E-state index is 12.5. The summed E-state index contributed by atoms with van der Waals surface area (Å²) in [6.07, 6.45) is 1.58. The highest BCUT2D eigenvalue weighted by Gasteiger charge is 2.45. The molecule has 0 fully saturated rings. The Kier molecular flexibility index (Phi) is 6.25. The van der Waals surface area contributed by atoms with Crippen molar-refractivity contribution in [1.29, 1.82) is 0 Å². The average Bonchev–Trinajstić information content (AvgIpc) is 3.12. The molecule has 1 aromatic heterocycles. The summed E-state index contributed by atoms with van der Waals surface area (Å²) in [5.74, 6) is -0.458. The SMILES string of the molecule is CCOC(=O)CCC1(CCC(=O)OCC)c2cc3ccccc3cc2-c2nc3ccccc3cc21. The molecule has 0 N–H and O–H groups in total. The maximum Gasteiger partial charge on any atom is 0.305 e. The predicted octanol–water partition coefficient (Wildman–Crippen LogP) is 6.34. The molecular formula is C30H29NO4. The number of fused-ring (bicyclic) bond motifs is 5. The van der Waals surface area contributed by atoms with Crippen LogP contribution in [-0.4, -0.2) is 30.1 Å². The van der Waals surface area contributed by atoms with Crippen molar-refractivity contribution in [2.75, 3.05) is 13.2 Å². The van der Waals surface area contributed by atoms with Crippen LogP contribution in [0.15, 0.2) is 66.7 Å². The van der Waals surface area contributed by atoms with E-state index >= 15 is 0 Å². The lowest BCUT2D eigenvalue weighted by Crippen LogP contribution is -2.28. The van der Waals surface area contributed by atoms with E-state index in [0.29, 0.717) is 26.1 Å². The number of carbonyl (C=O) groups is 2. The lowest BCUT2D eigenvalue weighted by Gasteiger charge is -2.32. The molecule has 0 aliphatic heterocycles. The van der Waals surface area contributed by atoms with Gasteiger partial charge in [-0.05, 0) is 72.9 Å². The predicted molar refractivity (Wildman–Crippen MR) is 137 cm³/mol. The number of carbonyl (C=O) groups excluding carboxylic acids is 2. The molecule has 0 radical (unpaired) electrons. The molecule has 0 atom stereocenters. The van der Waals surface area contributed by atoms with E-state index < -0.39 is 5.41 Å². The van der Waals surface area contributed by atoms with Gasteiger partial charge >= 0.3 is 11.9 Å². The molecule has 0 bridgehead atoms. The summed E-state index contributed by atoms with van der Waals surface area (Å²) >= 11 is 0. The summed E-state index contributed by atoms with van der Waals surface area (Å²) in [7, 11) is 0. The highest BCUT2D eigenvalue weighted by atomic mass is 16.5. The Morgan fingerprint density at radius 2 is 1.29 bits per heavy atom. The fraction of sp³-hybridized carbons (Fsp3) is 0.300. The van der Waals surface area contributed by atoms with Gasteiger partial charge in [0.1, 0.15) is 0 Å². The summed E-state index contributed by atoms with van der Waals surface area (Å²) < 4.78 is 10.6. The van der Waals surface area contributed by atoms with E-state index in [-0.39, 0.29) is 24.8 Å². The molecule has 4 aromatic rings.